The largest absolute Gasteiger partial charge is 0.480 e. The fraction of sp³-hybridized carbons (Fsp3) is 0.452. The molecule has 0 bridgehead atoms. The summed E-state index contributed by atoms with van der Waals surface area (Å²) in [5, 5.41) is 11.2. The van der Waals surface area contributed by atoms with Gasteiger partial charge in [-0.2, -0.15) is 0 Å². The molecule has 2 heterocycles. The quantitative estimate of drug-likeness (QED) is 0.196. The van der Waals surface area contributed by atoms with Crippen LogP contribution >= 0.6 is 11.3 Å². The lowest BCUT2D eigenvalue weighted by atomic mass is 9.86. The molecule has 0 aliphatic carbocycles. The van der Waals surface area contributed by atoms with Crippen LogP contribution in [0.2, 0.25) is 0 Å². The first-order chi connectivity index (χ1) is 20.0. The molecule has 0 saturated heterocycles. The highest BCUT2D eigenvalue weighted by Gasteiger charge is 2.33. The van der Waals surface area contributed by atoms with E-state index in [2.05, 4.69) is 37.1 Å². The number of halogens is 1. The third kappa shape index (κ3) is 9.32. The lowest BCUT2D eigenvalue weighted by Gasteiger charge is -2.26. The van der Waals surface area contributed by atoms with Crippen LogP contribution in [0.15, 0.2) is 59.5 Å². The van der Waals surface area contributed by atoms with Gasteiger partial charge in [0, 0.05) is 16.3 Å². The molecular weight excluding hydrogens is 593 g/mol. The molecule has 1 aromatic carbocycles. The van der Waals surface area contributed by atoms with Crippen LogP contribution in [-0.2, 0) is 31.3 Å². The number of carbonyl (C=O) groups is 2. The molecule has 43 heavy (non-hydrogen) atoms. The maximum Gasteiger partial charge on any atom is 0.416 e. The van der Waals surface area contributed by atoms with Gasteiger partial charge in [0.15, 0.2) is 15.2 Å². The van der Waals surface area contributed by atoms with Gasteiger partial charge in [-0.05, 0) is 81.1 Å². The average Bonchev–Trinajstić information content (AvgIpc) is 3.40. The lowest BCUT2D eigenvalue weighted by molar-refractivity contribution is -0.135. The normalized spacial score (nSPS) is 13.0. The standard InChI is InChI=1S/C31H40FN3O6S2/c1-7-8-18-31(5,6)25-17-14-22(42-25)19-33-28(43(39,40)23-15-12-21(32)13-16-23)24-10-9-11-26(34-24)35(20-27(36)37)29(38)41-30(2,3)4/h9-17,28,33H,7-8,18-20H2,1-6H3,(H,36,37). The molecule has 0 aliphatic rings. The van der Waals surface area contributed by atoms with Crippen molar-refractivity contribution in [2.75, 3.05) is 11.4 Å². The van der Waals surface area contributed by atoms with Crippen molar-refractivity contribution in [1.82, 2.24) is 10.3 Å². The van der Waals surface area contributed by atoms with Crippen molar-refractivity contribution in [2.24, 2.45) is 0 Å². The Morgan fingerprint density at radius 3 is 2.35 bits per heavy atom. The van der Waals surface area contributed by atoms with Crippen molar-refractivity contribution in [2.45, 2.75) is 88.6 Å². The summed E-state index contributed by atoms with van der Waals surface area (Å²) in [4.78, 5) is 31.8. The first-order valence-electron chi connectivity index (χ1n) is 14.0. The number of unbranched alkanes of at least 4 members (excludes halogenated alkanes) is 1. The summed E-state index contributed by atoms with van der Waals surface area (Å²) in [6.45, 7) is 10.9. The number of carbonyl (C=O) groups excluding carboxylic acids is 1. The van der Waals surface area contributed by atoms with E-state index < -0.39 is 45.2 Å². The molecule has 1 atom stereocenters. The van der Waals surface area contributed by atoms with E-state index in [1.807, 2.05) is 6.07 Å². The number of aliphatic carboxylic acids is 1. The van der Waals surface area contributed by atoms with E-state index in [0.717, 1.165) is 41.2 Å². The maximum absolute atomic E-state index is 13.9. The second-order valence-electron chi connectivity index (χ2n) is 11.9. The number of nitrogens with one attached hydrogen (secondary N) is 1. The van der Waals surface area contributed by atoms with Gasteiger partial charge in [-0.15, -0.1) is 11.3 Å². The van der Waals surface area contributed by atoms with Gasteiger partial charge in [-0.3, -0.25) is 15.0 Å². The molecule has 0 spiro atoms. The van der Waals surface area contributed by atoms with E-state index in [4.69, 9.17) is 4.74 Å². The maximum atomic E-state index is 13.9. The Hall–Kier alpha value is -3.35. The van der Waals surface area contributed by atoms with E-state index in [9.17, 15) is 27.5 Å². The SMILES string of the molecule is CCCCC(C)(C)c1ccc(CNC(c2cccc(N(CC(=O)O)C(=O)OC(C)(C)C)n2)S(=O)(=O)c2ccc(F)cc2)s1. The van der Waals surface area contributed by atoms with Crippen molar-refractivity contribution in [3.63, 3.8) is 0 Å². The first kappa shape index (κ1) is 34.1. The third-order valence-electron chi connectivity index (χ3n) is 6.61. The van der Waals surface area contributed by atoms with Gasteiger partial charge in [0.2, 0.25) is 0 Å². The summed E-state index contributed by atoms with van der Waals surface area (Å²) in [5.41, 5.74) is -0.906. The number of pyridine rings is 1. The predicted octanol–water partition coefficient (Wildman–Crippen LogP) is 6.84. The number of benzene rings is 1. The van der Waals surface area contributed by atoms with Crippen LogP contribution in [0.3, 0.4) is 0 Å². The minimum atomic E-state index is -4.18. The third-order valence-corrected chi connectivity index (χ3v) is 10.0. The molecule has 0 saturated carbocycles. The van der Waals surface area contributed by atoms with Crippen molar-refractivity contribution >= 4 is 39.1 Å². The summed E-state index contributed by atoms with van der Waals surface area (Å²) in [6, 6.07) is 12.9. The minimum Gasteiger partial charge on any atom is -0.480 e. The van der Waals surface area contributed by atoms with E-state index in [0.29, 0.717) is 0 Å². The number of sulfone groups is 1. The smallest absolute Gasteiger partial charge is 0.416 e. The van der Waals surface area contributed by atoms with E-state index in [-0.39, 0.29) is 28.4 Å². The van der Waals surface area contributed by atoms with E-state index in [1.54, 1.807) is 32.1 Å². The molecule has 1 amide bonds. The van der Waals surface area contributed by atoms with Crippen molar-refractivity contribution in [3.8, 4) is 0 Å². The predicted molar refractivity (Wildman–Crippen MR) is 165 cm³/mol. The van der Waals surface area contributed by atoms with Crippen LogP contribution in [-0.4, -0.2) is 42.7 Å². The molecule has 0 radical (unpaired) electrons. The second kappa shape index (κ2) is 14.0. The number of nitrogens with zero attached hydrogens (tertiary/aromatic N) is 2. The number of amides is 1. The zero-order valence-corrected chi connectivity index (χ0v) is 27.0. The highest BCUT2D eigenvalue weighted by Crippen LogP contribution is 2.35. The first-order valence-corrected chi connectivity index (χ1v) is 16.4. The monoisotopic (exact) mass is 633 g/mol. The molecule has 0 fully saturated rings. The number of hydrogen-bond acceptors (Lipinski definition) is 8. The second-order valence-corrected chi connectivity index (χ2v) is 15.1. The topological polar surface area (TPSA) is 126 Å². The lowest BCUT2D eigenvalue weighted by Crippen LogP contribution is -2.40. The van der Waals surface area contributed by atoms with Crippen LogP contribution in [0.5, 0.6) is 0 Å². The summed E-state index contributed by atoms with van der Waals surface area (Å²) in [6.07, 6.45) is 2.28. The number of thiophene rings is 1. The van der Waals surface area contributed by atoms with Crippen LogP contribution in [0.4, 0.5) is 15.0 Å². The van der Waals surface area contributed by atoms with Crippen LogP contribution in [0, 0.1) is 5.82 Å². The molecular formula is C31H40FN3O6S2. The Bertz CT molecular complexity index is 1510. The number of carboxylic acids is 1. The Balaban J connectivity index is 2.02. The van der Waals surface area contributed by atoms with Crippen molar-refractivity contribution in [1.29, 1.82) is 0 Å². The van der Waals surface area contributed by atoms with E-state index >= 15 is 0 Å². The van der Waals surface area contributed by atoms with Gasteiger partial charge < -0.3 is 9.84 Å². The van der Waals surface area contributed by atoms with Gasteiger partial charge in [0.1, 0.15) is 23.8 Å². The Kier molecular flexibility index (Phi) is 11.1. The molecule has 234 valence electrons. The fourth-order valence-corrected chi connectivity index (χ4v) is 6.96. The molecule has 0 aliphatic heterocycles. The summed E-state index contributed by atoms with van der Waals surface area (Å²) >= 11 is 1.60. The Morgan fingerprint density at radius 2 is 1.74 bits per heavy atom. The zero-order valence-electron chi connectivity index (χ0n) is 25.4. The molecule has 3 rings (SSSR count). The highest BCUT2D eigenvalue weighted by molar-refractivity contribution is 7.91. The van der Waals surface area contributed by atoms with Gasteiger partial charge in [-0.25, -0.2) is 22.6 Å². The Morgan fingerprint density at radius 1 is 1.07 bits per heavy atom. The summed E-state index contributed by atoms with van der Waals surface area (Å²) in [7, 11) is -4.18. The van der Waals surface area contributed by atoms with Crippen LogP contribution < -0.4 is 10.2 Å². The van der Waals surface area contributed by atoms with E-state index in [1.165, 1.54) is 35.2 Å². The Labute approximate surface area is 257 Å². The molecule has 2 aromatic heterocycles. The molecule has 2 N–H and O–H groups in total. The number of anilines is 1. The average molecular weight is 634 g/mol. The zero-order chi connectivity index (χ0) is 32.0. The van der Waals surface area contributed by atoms with Gasteiger partial charge in [0.25, 0.3) is 0 Å². The highest BCUT2D eigenvalue weighted by atomic mass is 32.2. The van der Waals surface area contributed by atoms with Gasteiger partial charge in [0.05, 0.1) is 10.6 Å². The van der Waals surface area contributed by atoms with Crippen LogP contribution in [0.25, 0.3) is 0 Å². The number of carboxylic acid groups (broad SMARTS) is 1. The van der Waals surface area contributed by atoms with Crippen LogP contribution in [0.1, 0.15) is 81.6 Å². The fourth-order valence-electron chi connectivity index (χ4n) is 4.33. The molecule has 9 nitrogen and oxygen atoms in total. The number of aromatic nitrogens is 1. The van der Waals surface area contributed by atoms with Gasteiger partial charge >= 0.3 is 12.1 Å². The molecule has 3 aromatic rings. The molecule has 12 heteroatoms. The minimum absolute atomic E-state index is 0.0241. The summed E-state index contributed by atoms with van der Waals surface area (Å²) in [5.74, 6) is -1.98. The number of ether oxygens (including phenoxy) is 1. The molecule has 1 unspecified atom stereocenters. The van der Waals surface area contributed by atoms with Crippen molar-refractivity contribution in [3.05, 3.63) is 75.9 Å². The van der Waals surface area contributed by atoms with Gasteiger partial charge in [-0.1, -0.05) is 39.7 Å². The number of hydrogen-bond donors (Lipinski definition) is 2. The summed E-state index contributed by atoms with van der Waals surface area (Å²) < 4.78 is 46.9. The van der Waals surface area contributed by atoms with Crippen molar-refractivity contribution < 1.29 is 32.2 Å². The number of rotatable bonds is 13.